The maximum atomic E-state index is 12.6. The Morgan fingerprint density at radius 1 is 1.06 bits per heavy atom. The average Bonchev–Trinajstić information content (AvgIpc) is 3.22. The highest BCUT2D eigenvalue weighted by molar-refractivity contribution is 5.91. The quantitative estimate of drug-likeness (QED) is 0.560. The SMILES string of the molecule is COc1cc(C(N)=O)nc(C(F)(F)F)n1.FC(F)(F)c1cc(-c2cc3n(n2)CCCC3)ccn1. The van der Waals surface area contributed by atoms with Crippen LogP contribution in [0.2, 0.25) is 0 Å². The smallest absolute Gasteiger partial charge is 0.451 e. The number of carbonyl (C=O) groups excluding carboxylic acids is 1. The van der Waals surface area contributed by atoms with Gasteiger partial charge in [-0.3, -0.25) is 14.5 Å². The Morgan fingerprint density at radius 2 is 1.79 bits per heavy atom. The predicted octanol–water partition coefficient (Wildman–Crippen LogP) is 3.90. The molecule has 0 radical (unpaired) electrons. The molecule has 3 aromatic rings. The van der Waals surface area contributed by atoms with Gasteiger partial charge in [-0.2, -0.15) is 36.4 Å². The van der Waals surface area contributed by atoms with E-state index in [9.17, 15) is 31.1 Å². The molecule has 34 heavy (non-hydrogen) atoms. The molecule has 4 heterocycles. The van der Waals surface area contributed by atoms with Crippen LogP contribution in [0.15, 0.2) is 30.5 Å². The number of ether oxygens (including phenoxy) is 1. The minimum absolute atomic E-state index is 0.369. The van der Waals surface area contributed by atoms with E-state index in [2.05, 4.69) is 24.8 Å². The number of rotatable bonds is 3. The Labute approximate surface area is 188 Å². The van der Waals surface area contributed by atoms with Crippen molar-refractivity contribution in [2.75, 3.05) is 7.11 Å². The number of halogens is 6. The van der Waals surface area contributed by atoms with Crippen LogP contribution in [0.3, 0.4) is 0 Å². The predicted molar refractivity (Wildman–Crippen MR) is 106 cm³/mol. The number of fused-ring (bicyclic) bond motifs is 1. The molecule has 0 fully saturated rings. The number of hydrogen-bond donors (Lipinski definition) is 1. The lowest BCUT2D eigenvalue weighted by atomic mass is 10.1. The van der Waals surface area contributed by atoms with Crippen molar-refractivity contribution in [1.29, 1.82) is 0 Å². The molecule has 182 valence electrons. The number of amides is 1. The summed E-state index contributed by atoms with van der Waals surface area (Å²) in [6, 6.07) is 5.41. The molecular formula is C20H18F6N6O2. The van der Waals surface area contributed by atoms with Crippen LogP contribution in [0.5, 0.6) is 5.88 Å². The second-order valence-corrected chi connectivity index (χ2v) is 7.11. The van der Waals surface area contributed by atoms with Crippen molar-refractivity contribution in [3.8, 4) is 17.1 Å². The van der Waals surface area contributed by atoms with Gasteiger partial charge < -0.3 is 10.5 Å². The topological polar surface area (TPSA) is 109 Å². The summed E-state index contributed by atoms with van der Waals surface area (Å²) in [5, 5.41) is 4.37. The van der Waals surface area contributed by atoms with Crippen LogP contribution >= 0.6 is 0 Å². The van der Waals surface area contributed by atoms with Crippen LogP contribution < -0.4 is 10.5 Å². The van der Waals surface area contributed by atoms with E-state index in [0.29, 0.717) is 11.3 Å². The molecule has 8 nitrogen and oxygen atoms in total. The Kier molecular flexibility index (Phi) is 7.07. The first-order valence-electron chi connectivity index (χ1n) is 9.79. The lowest BCUT2D eigenvalue weighted by Gasteiger charge is -2.11. The van der Waals surface area contributed by atoms with Crippen LogP contribution in [-0.4, -0.2) is 37.7 Å². The molecule has 1 aliphatic rings. The monoisotopic (exact) mass is 488 g/mol. The summed E-state index contributed by atoms with van der Waals surface area (Å²) >= 11 is 0. The van der Waals surface area contributed by atoms with E-state index < -0.39 is 35.5 Å². The summed E-state index contributed by atoms with van der Waals surface area (Å²) in [4.78, 5) is 20.0. The number of aromatic nitrogens is 5. The Hall–Kier alpha value is -3.71. The van der Waals surface area contributed by atoms with E-state index in [4.69, 9.17) is 5.73 Å². The van der Waals surface area contributed by atoms with Crippen molar-refractivity contribution in [2.24, 2.45) is 5.73 Å². The van der Waals surface area contributed by atoms with Crippen LogP contribution in [-0.2, 0) is 25.3 Å². The van der Waals surface area contributed by atoms with E-state index in [0.717, 1.165) is 50.7 Å². The first kappa shape index (κ1) is 24.9. The fourth-order valence-electron chi connectivity index (χ4n) is 3.09. The van der Waals surface area contributed by atoms with Gasteiger partial charge >= 0.3 is 12.4 Å². The summed E-state index contributed by atoms with van der Waals surface area (Å²) in [5.41, 5.74) is 5.51. The van der Waals surface area contributed by atoms with Crippen LogP contribution in [0, 0.1) is 0 Å². The third-order valence-electron chi connectivity index (χ3n) is 4.68. The van der Waals surface area contributed by atoms with Crippen LogP contribution in [0.1, 0.15) is 40.5 Å². The minimum atomic E-state index is -4.75. The van der Waals surface area contributed by atoms with Gasteiger partial charge in [-0.25, -0.2) is 4.98 Å². The van der Waals surface area contributed by atoms with Gasteiger partial charge in [0.05, 0.1) is 12.8 Å². The van der Waals surface area contributed by atoms with Crippen molar-refractivity contribution in [2.45, 2.75) is 38.2 Å². The van der Waals surface area contributed by atoms with Gasteiger partial charge in [0.2, 0.25) is 11.7 Å². The number of nitrogens with two attached hydrogens (primary N) is 1. The largest absolute Gasteiger partial charge is 0.481 e. The van der Waals surface area contributed by atoms with Gasteiger partial charge in [0, 0.05) is 30.1 Å². The molecule has 3 aromatic heterocycles. The van der Waals surface area contributed by atoms with Gasteiger partial charge in [-0.1, -0.05) is 0 Å². The van der Waals surface area contributed by atoms with Crippen molar-refractivity contribution in [3.05, 3.63) is 53.4 Å². The standard InChI is InChI=1S/C13H12F3N3.C7H6F3N3O2/c14-13(15,16)12-7-9(4-5-17-12)11-8-10-3-1-2-6-19(10)18-11;1-15-4-2-3(5(11)14)12-6(13-4)7(8,9)10/h4-5,7-8H,1-3,6H2;2H,1H3,(H2,11,14). The molecule has 0 aromatic carbocycles. The summed E-state index contributed by atoms with van der Waals surface area (Å²) in [6.07, 6.45) is -4.89. The lowest BCUT2D eigenvalue weighted by molar-refractivity contribution is -0.145. The second kappa shape index (κ2) is 9.65. The van der Waals surface area contributed by atoms with Crippen molar-refractivity contribution >= 4 is 5.91 Å². The van der Waals surface area contributed by atoms with E-state index in [-0.39, 0.29) is 5.88 Å². The number of pyridine rings is 1. The zero-order chi connectivity index (χ0) is 25.1. The number of primary amides is 1. The average molecular weight is 488 g/mol. The fourth-order valence-corrected chi connectivity index (χ4v) is 3.09. The Morgan fingerprint density at radius 3 is 2.38 bits per heavy atom. The van der Waals surface area contributed by atoms with Crippen molar-refractivity contribution < 1.29 is 35.9 Å². The van der Waals surface area contributed by atoms with Gasteiger partial charge in [0.15, 0.2) is 0 Å². The minimum Gasteiger partial charge on any atom is -0.481 e. The van der Waals surface area contributed by atoms with Gasteiger partial charge in [-0.05, 0) is 37.5 Å². The number of methoxy groups -OCH3 is 1. The lowest BCUT2D eigenvalue weighted by Crippen LogP contribution is -2.19. The molecule has 14 heteroatoms. The van der Waals surface area contributed by atoms with Gasteiger partial charge in [0.25, 0.3) is 5.91 Å². The molecule has 0 saturated carbocycles. The normalized spacial score (nSPS) is 13.5. The van der Waals surface area contributed by atoms with Gasteiger partial charge in [0.1, 0.15) is 11.4 Å². The number of nitrogens with zero attached hydrogens (tertiary/aromatic N) is 5. The van der Waals surface area contributed by atoms with E-state index in [1.807, 2.05) is 10.7 Å². The maximum absolute atomic E-state index is 12.6. The zero-order valence-electron chi connectivity index (χ0n) is 17.6. The number of alkyl halides is 6. The first-order chi connectivity index (χ1) is 15.9. The van der Waals surface area contributed by atoms with E-state index in [1.54, 1.807) is 6.07 Å². The Balaban J connectivity index is 0.000000197. The first-order valence-corrected chi connectivity index (χ1v) is 9.79. The highest BCUT2D eigenvalue weighted by atomic mass is 19.4. The summed E-state index contributed by atoms with van der Waals surface area (Å²) in [6.45, 7) is 0.840. The maximum Gasteiger partial charge on any atom is 0.451 e. The molecule has 0 atom stereocenters. The van der Waals surface area contributed by atoms with Crippen LogP contribution in [0.25, 0.3) is 11.3 Å². The second-order valence-electron chi connectivity index (χ2n) is 7.11. The van der Waals surface area contributed by atoms with Crippen molar-refractivity contribution in [1.82, 2.24) is 24.7 Å². The third kappa shape index (κ3) is 5.99. The molecule has 0 unspecified atom stereocenters. The van der Waals surface area contributed by atoms with E-state index in [1.165, 1.54) is 6.20 Å². The highest BCUT2D eigenvalue weighted by Gasteiger charge is 2.36. The fraction of sp³-hybridized carbons (Fsp3) is 0.350. The molecule has 2 N–H and O–H groups in total. The number of hydrogen-bond acceptors (Lipinski definition) is 6. The van der Waals surface area contributed by atoms with E-state index >= 15 is 0 Å². The Bertz CT molecular complexity index is 1150. The molecular weight excluding hydrogens is 470 g/mol. The summed E-state index contributed by atoms with van der Waals surface area (Å²) in [5.74, 6) is -2.91. The molecule has 0 saturated heterocycles. The number of aryl methyl sites for hydroxylation is 2. The molecule has 1 amide bonds. The summed E-state index contributed by atoms with van der Waals surface area (Å²) < 4.78 is 80.9. The van der Waals surface area contributed by atoms with Crippen LogP contribution in [0.4, 0.5) is 26.3 Å². The van der Waals surface area contributed by atoms with Crippen molar-refractivity contribution in [3.63, 3.8) is 0 Å². The highest BCUT2D eigenvalue weighted by Crippen LogP contribution is 2.31. The molecule has 1 aliphatic heterocycles. The number of carbonyl (C=O) groups is 1. The van der Waals surface area contributed by atoms with Gasteiger partial charge in [-0.15, -0.1) is 0 Å². The molecule has 0 bridgehead atoms. The molecule has 4 rings (SSSR count). The molecule has 0 aliphatic carbocycles. The zero-order valence-corrected chi connectivity index (χ0v) is 17.6. The summed E-state index contributed by atoms with van der Waals surface area (Å²) in [7, 11) is 1.12. The third-order valence-corrected chi connectivity index (χ3v) is 4.68. The molecule has 0 spiro atoms.